The van der Waals surface area contributed by atoms with Crippen molar-refractivity contribution in [2.45, 2.75) is 38.3 Å². The van der Waals surface area contributed by atoms with Gasteiger partial charge < -0.3 is 9.64 Å². The van der Waals surface area contributed by atoms with Crippen molar-refractivity contribution >= 4 is 15.7 Å². The molecule has 7 heteroatoms. The molecule has 1 aromatic heterocycles. The van der Waals surface area contributed by atoms with E-state index < -0.39 is 9.84 Å². The number of ether oxygens (including phenoxy) is 1. The van der Waals surface area contributed by atoms with Gasteiger partial charge in [-0.15, -0.1) is 0 Å². The first-order chi connectivity index (χ1) is 10.5. The van der Waals surface area contributed by atoms with E-state index in [-0.39, 0.29) is 29.5 Å². The fourth-order valence-electron chi connectivity index (χ4n) is 2.92. The third-order valence-corrected chi connectivity index (χ3v) is 5.81. The van der Waals surface area contributed by atoms with Crippen LogP contribution in [0.4, 0.5) is 0 Å². The third-order valence-electron chi connectivity index (χ3n) is 4.06. The number of carbonyl (C=O) groups is 1. The number of aromatic nitrogens is 1. The molecule has 120 valence electrons. The molecule has 0 spiro atoms. The van der Waals surface area contributed by atoms with Crippen molar-refractivity contribution < 1.29 is 17.9 Å². The highest BCUT2D eigenvalue weighted by molar-refractivity contribution is 7.91. The third kappa shape index (κ3) is 3.09. The summed E-state index contributed by atoms with van der Waals surface area (Å²) in [6.45, 7) is 2.27. The maximum Gasteiger partial charge on any atom is 0.259 e. The van der Waals surface area contributed by atoms with Crippen molar-refractivity contribution in [1.82, 2.24) is 9.88 Å². The molecule has 22 heavy (non-hydrogen) atoms. The molecule has 1 saturated heterocycles. The molecule has 6 nitrogen and oxygen atoms in total. The number of pyridine rings is 1. The standard InChI is InChI=1S/C15H20N2O4S/c1-2-21-14-13(4-3-8-16-14)15(18)17(11-5-6-11)12-7-9-22(19,20)10-12/h3-4,8,11-12H,2,5-7,9-10H2,1H3. The Morgan fingerprint density at radius 2 is 2.14 bits per heavy atom. The van der Waals surface area contributed by atoms with Crippen LogP contribution in [0.25, 0.3) is 0 Å². The van der Waals surface area contributed by atoms with Gasteiger partial charge in [0.2, 0.25) is 5.88 Å². The smallest absolute Gasteiger partial charge is 0.259 e. The lowest BCUT2D eigenvalue weighted by Crippen LogP contribution is -2.43. The first-order valence-electron chi connectivity index (χ1n) is 7.62. The minimum atomic E-state index is -3.02. The summed E-state index contributed by atoms with van der Waals surface area (Å²) in [6, 6.07) is 3.32. The SMILES string of the molecule is CCOc1ncccc1C(=O)N(C1CC1)C1CCS(=O)(=O)C1. The van der Waals surface area contributed by atoms with E-state index in [2.05, 4.69) is 4.98 Å². The van der Waals surface area contributed by atoms with Gasteiger partial charge in [0.1, 0.15) is 5.56 Å². The molecule has 2 aliphatic rings. The van der Waals surface area contributed by atoms with E-state index in [9.17, 15) is 13.2 Å². The number of sulfone groups is 1. The molecule has 1 atom stereocenters. The molecule has 1 unspecified atom stereocenters. The lowest BCUT2D eigenvalue weighted by molar-refractivity contribution is 0.0675. The van der Waals surface area contributed by atoms with E-state index in [1.807, 2.05) is 6.92 Å². The highest BCUT2D eigenvalue weighted by Crippen LogP contribution is 2.34. The summed E-state index contributed by atoms with van der Waals surface area (Å²) in [4.78, 5) is 18.8. The predicted octanol–water partition coefficient (Wildman–Crippen LogP) is 1.27. The zero-order chi connectivity index (χ0) is 15.7. The molecule has 0 aromatic carbocycles. The summed E-state index contributed by atoms with van der Waals surface area (Å²) in [5.74, 6) is 0.390. The van der Waals surface area contributed by atoms with E-state index >= 15 is 0 Å². The molecular weight excluding hydrogens is 304 g/mol. The maximum atomic E-state index is 12.9. The van der Waals surface area contributed by atoms with Gasteiger partial charge in [-0.2, -0.15) is 0 Å². The summed E-state index contributed by atoms with van der Waals surface area (Å²) in [6.07, 6.45) is 3.98. The topological polar surface area (TPSA) is 76.6 Å². The number of hydrogen-bond donors (Lipinski definition) is 0. The Balaban J connectivity index is 1.88. The Morgan fingerprint density at radius 3 is 2.73 bits per heavy atom. The predicted molar refractivity (Wildman–Crippen MR) is 81.7 cm³/mol. The highest BCUT2D eigenvalue weighted by Gasteiger charge is 2.43. The molecule has 0 N–H and O–H groups in total. The van der Waals surface area contributed by atoms with Gasteiger partial charge in [-0.25, -0.2) is 13.4 Å². The highest BCUT2D eigenvalue weighted by atomic mass is 32.2. The van der Waals surface area contributed by atoms with Gasteiger partial charge in [-0.3, -0.25) is 4.79 Å². The molecule has 1 aliphatic heterocycles. The fourth-order valence-corrected chi connectivity index (χ4v) is 4.63. The van der Waals surface area contributed by atoms with Crippen LogP contribution in [0, 0.1) is 0 Å². The van der Waals surface area contributed by atoms with Gasteiger partial charge in [0.25, 0.3) is 5.91 Å². The number of amides is 1. The van der Waals surface area contributed by atoms with Gasteiger partial charge in [-0.05, 0) is 38.3 Å². The number of hydrogen-bond acceptors (Lipinski definition) is 5. The monoisotopic (exact) mass is 324 g/mol. The average molecular weight is 324 g/mol. The molecule has 1 amide bonds. The molecule has 1 saturated carbocycles. The van der Waals surface area contributed by atoms with Gasteiger partial charge in [-0.1, -0.05) is 0 Å². The first kappa shape index (κ1) is 15.3. The van der Waals surface area contributed by atoms with Crippen LogP contribution in [0.5, 0.6) is 5.88 Å². The lowest BCUT2D eigenvalue weighted by atomic mass is 10.1. The fraction of sp³-hybridized carbons (Fsp3) is 0.600. The summed E-state index contributed by atoms with van der Waals surface area (Å²) in [7, 11) is -3.02. The normalized spacial score (nSPS) is 23.2. The molecule has 3 rings (SSSR count). The number of rotatable bonds is 5. The zero-order valence-electron chi connectivity index (χ0n) is 12.6. The van der Waals surface area contributed by atoms with Crippen molar-refractivity contribution in [3.05, 3.63) is 23.9 Å². The zero-order valence-corrected chi connectivity index (χ0v) is 13.4. The largest absolute Gasteiger partial charge is 0.477 e. The molecule has 0 bridgehead atoms. The van der Waals surface area contributed by atoms with Crippen LogP contribution >= 0.6 is 0 Å². The van der Waals surface area contributed by atoms with Gasteiger partial charge in [0.05, 0.1) is 18.1 Å². The lowest BCUT2D eigenvalue weighted by Gasteiger charge is -2.28. The molecular formula is C15H20N2O4S. The Hall–Kier alpha value is -1.63. The summed E-state index contributed by atoms with van der Waals surface area (Å²) in [5.41, 5.74) is 0.417. The first-order valence-corrected chi connectivity index (χ1v) is 9.45. The van der Waals surface area contributed by atoms with Crippen molar-refractivity contribution in [1.29, 1.82) is 0 Å². The van der Waals surface area contributed by atoms with Crippen molar-refractivity contribution in [2.24, 2.45) is 0 Å². The van der Waals surface area contributed by atoms with Crippen LogP contribution in [0.1, 0.15) is 36.5 Å². The van der Waals surface area contributed by atoms with Gasteiger partial charge in [0, 0.05) is 18.3 Å². The summed E-state index contributed by atoms with van der Waals surface area (Å²) < 4.78 is 28.9. The van der Waals surface area contributed by atoms with E-state index in [0.29, 0.717) is 24.5 Å². The van der Waals surface area contributed by atoms with E-state index in [1.165, 1.54) is 0 Å². The van der Waals surface area contributed by atoms with E-state index in [4.69, 9.17) is 4.74 Å². The minimum absolute atomic E-state index is 0.0689. The molecule has 0 radical (unpaired) electrons. The van der Waals surface area contributed by atoms with Crippen LogP contribution in [0.15, 0.2) is 18.3 Å². The Labute approximate surface area is 130 Å². The number of nitrogens with zero attached hydrogens (tertiary/aromatic N) is 2. The van der Waals surface area contributed by atoms with Crippen LogP contribution in [-0.4, -0.2) is 54.4 Å². The molecule has 2 heterocycles. The summed E-state index contributed by atoms with van der Waals surface area (Å²) in [5, 5.41) is 0. The molecule has 1 aliphatic carbocycles. The minimum Gasteiger partial charge on any atom is -0.477 e. The van der Waals surface area contributed by atoms with E-state index in [0.717, 1.165) is 12.8 Å². The second-order valence-corrected chi connectivity index (χ2v) is 8.02. The average Bonchev–Trinajstić information content (AvgIpc) is 3.24. The van der Waals surface area contributed by atoms with Crippen molar-refractivity contribution in [3.63, 3.8) is 0 Å². The van der Waals surface area contributed by atoms with Gasteiger partial charge in [0.15, 0.2) is 9.84 Å². The molecule has 2 fully saturated rings. The summed E-state index contributed by atoms with van der Waals surface area (Å²) >= 11 is 0. The quantitative estimate of drug-likeness (QED) is 0.815. The number of carbonyl (C=O) groups excluding carboxylic acids is 1. The Morgan fingerprint density at radius 1 is 1.36 bits per heavy atom. The van der Waals surface area contributed by atoms with Crippen molar-refractivity contribution in [3.8, 4) is 5.88 Å². The molecule has 1 aromatic rings. The van der Waals surface area contributed by atoms with Crippen LogP contribution < -0.4 is 4.74 Å². The van der Waals surface area contributed by atoms with Crippen molar-refractivity contribution in [2.75, 3.05) is 18.1 Å². The maximum absolute atomic E-state index is 12.9. The van der Waals surface area contributed by atoms with Gasteiger partial charge >= 0.3 is 0 Å². The second kappa shape index (κ2) is 5.87. The van der Waals surface area contributed by atoms with E-state index in [1.54, 1.807) is 23.2 Å². The van der Waals surface area contributed by atoms with Crippen LogP contribution in [-0.2, 0) is 9.84 Å². The van der Waals surface area contributed by atoms with Crippen LogP contribution in [0.3, 0.4) is 0 Å². The Bertz CT molecular complexity index is 670. The Kier molecular flexibility index (Phi) is 4.08. The van der Waals surface area contributed by atoms with Crippen LogP contribution in [0.2, 0.25) is 0 Å². The second-order valence-electron chi connectivity index (χ2n) is 5.79.